The van der Waals surface area contributed by atoms with Gasteiger partial charge in [-0.25, -0.2) is 22.9 Å². The molecule has 0 aliphatic carbocycles. The average Bonchev–Trinajstić information content (AvgIpc) is 3.58. The molecule has 41 heavy (non-hydrogen) atoms. The van der Waals surface area contributed by atoms with E-state index >= 15 is 0 Å². The fraction of sp³-hybridized carbons (Fsp3) is 0.143. The first-order chi connectivity index (χ1) is 19.6. The van der Waals surface area contributed by atoms with E-state index in [-0.39, 0.29) is 34.6 Å². The van der Waals surface area contributed by atoms with E-state index in [2.05, 4.69) is 15.1 Å². The molecule has 0 fully saturated rings. The van der Waals surface area contributed by atoms with E-state index in [1.54, 1.807) is 31.4 Å². The van der Waals surface area contributed by atoms with Gasteiger partial charge in [-0.2, -0.15) is 5.10 Å². The molecule has 0 atom stereocenters. The van der Waals surface area contributed by atoms with Gasteiger partial charge in [0, 0.05) is 29.7 Å². The van der Waals surface area contributed by atoms with Gasteiger partial charge in [0.25, 0.3) is 5.56 Å². The molecule has 0 spiro atoms. The summed E-state index contributed by atoms with van der Waals surface area (Å²) in [6.45, 7) is -0.669. The lowest BCUT2D eigenvalue weighted by molar-refractivity contribution is 0.418. The zero-order valence-electron chi connectivity index (χ0n) is 21.6. The van der Waals surface area contributed by atoms with Crippen molar-refractivity contribution >= 4 is 33.4 Å². The lowest BCUT2D eigenvalue weighted by atomic mass is 10.0. The van der Waals surface area contributed by atoms with Crippen molar-refractivity contribution in [2.24, 2.45) is 7.05 Å². The number of hydrogen-bond acceptors (Lipinski definition) is 5. The molecular weight excluding hydrogens is 561 g/mol. The molecule has 0 saturated carbocycles. The van der Waals surface area contributed by atoms with Gasteiger partial charge in [0.05, 0.1) is 30.7 Å². The first-order valence-corrected chi connectivity index (χ1v) is 12.6. The summed E-state index contributed by atoms with van der Waals surface area (Å²) in [4.78, 5) is 34.8. The van der Waals surface area contributed by atoms with E-state index in [9.17, 15) is 22.8 Å². The van der Waals surface area contributed by atoms with Crippen LogP contribution in [-0.2, 0) is 20.1 Å². The van der Waals surface area contributed by atoms with Gasteiger partial charge in [0.2, 0.25) is 0 Å². The largest absolute Gasteiger partial charge is 0.496 e. The lowest BCUT2D eigenvalue weighted by Crippen LogP contribution is -2.41. The van der Waals surface area contributed by atoms with Crippen LogP contribution >= 0.6 is 11.6 Å². The number of hydrogen-bond donors (Lipinski definition) is 1. The SMILES string of the molecule is COc1cc(-c2cc3cc[nH]c3cc2Cl)cc2c1c(=O)n(Cc1ncn(C)n1)c(=O)n2Cc1cc(F)c(F)c(F)c1. The smallest absolute Gasteiger partial charge is 0.332 e. The van der Waals surface area contributed by atoms with Crippen LogP contribution in [0.3, 0.4) is 0 Å². The Kier molecular flexibility index (Phi) is 6.41. The fourth-order valence-electron chi connectivity index (χ4n) is 4.88. The monoisotopic (exact) mass is 580 g/mol. The molecule has 0 aliphatic heterocycles. The highest BCUT2D eigenvalue weighted by atomic mass is 35.5. The van der Waals surface area contributed by atoms with Gasteiger partial charge in [0.1, 0.15) is 17.5 Å². The molecule has 6 rings (SSSR count). The maximum absolute atomic E-state index is 14.1. The van der Waals surface area contributed by atoms with Crippen LogP contribution in [-0.4, -0.2) is 36.0 Å². The van der Waals surface area contributed by atoms with Crippen molar-refractivity contribution in [1.29, 1.82) is 0 Å². The highest BCUT2D eigenvalue weighted by Gasteiger charge is 2.22. The summed E-state index contributed by atoms with van der Waals surface area (Å²) in [7, 11) is 3.01. The van der Waals surface area contributed by atoms with Crippen LogP contribution in [0.2, 0.25) is 5.02 Å². The minimum atomic E-state index is -1.63. The number of aromatic nitrogens is 6. The van der Waals surface area contributed by atoms with Crippen LogP contribution in [0, 0.1) is 17.5 Å². The number of H-pyrrole nitrogens is 1. The Morgan fingerprint density at radius 2 is 1.76 bits per heavy atom. The minimum Gasteiger partial charge on any atom is -0.496 e. The third-order valence-corrected chi connectivity index (χ3v) is 7.11. The standard InChI is InChI=1S/C28H20ClF3N6O3/c1-36-13-34-24(35-36)12-38-27(39)25-22(37(28(38)40)11-14-5-19(30)26(32)20(31)6-14)8-16(9-23(25)41-2)17-7-15-3-4-33-21(15)10-18(17)29/h3-10,13,33H,11-12H2,1-2H3. The number of nitrogens with one attached hydrogen (secondary N) is 1. The molecule has 0 unspecified atom stereocenters. The Hall–Kier alpha value is -4.84. The molecule has 0 amide bonds. The molecule has 0 saturated heterocycles. The number of fused-ring (bicyclic) bond motifs is 2. The molecule has 3 aromatic heterocycles. The zero-order valence-corrected chi connectivity index (χ0v) is 22.3. The highest BCUT2D eigenvalue weighted by molar-refractivity contribution is 6.34. The molecule has 1 N–H and O–H groups in total. The van der Waals surface area contributed by atoms with E-state index in [1.165, 1.54) is 22.7 Å². The predicted octanol–water partition coefficient (Wildman–Crippen LogP) is 4.62. The summed E-state index contributed by atoms with van der Waals surface area (Å²) in [5.41, 5.74) is 0.536. The Bertz CT molecular complexity index is 2090. The van der Waals surface area contributed by atoms with Crippen LogP contribution in [0.1, 0.15) is 11.4 Å². The molecule has 3 heterocycles. The van der Waals surface area contributed by atoms with Crippen LogP contribution < -0.4 is 16.0 Å². The normalized spacial score (nSPS) is 11.6. The van der Waals surface area contributed by atoms with Crippen molar-refractivity contribution < 1.29 is 17.9 Å². The number of aryl methyl sites for hydroxylation is 1. The van der Waals surface area contributed by atoms with Crippen molar-refractivity contribution in [3.8, 4) is 16.9 Å². The predicted molar refractivity (Wildman–Crippen MR) is 147 cm³/mol. The van der Waals surface area contributed by atoms with Crippen molar-refractivity contribution in [3.63, 3.8) is 0 Å². The summed E-state index contributed by atoms with van der Waals surface area (Å²) < 4.78 is 51.1. The maximum atomic E-state index is 14.1. The Morgan fingerprint density at radius 1 is 1.00 bits per heavy atom. The van der Waals surface area contributed by atoms with Gasteiger partial charge in [-0.05, 0) is 53.6 Å². The summed E-state index contributed by atoms with van der Waals surface area (Å²) in [5, 5.41) is 5.45. The third-order valence-electron chi connectivity index (χ3n) is 6.80. The molecule has 208 valence electrons. The molecule has 0 aliphatic rings. The second-order valence-corrected chi connectivity index (χ2v) is 9.84. The van der Waals surface area contributed by atoms with E-state index in [1.807, 2.05) is 12.1 Å². The van der Waals surface area contributed by atoms with Crippen molar-refractivity contribution in [2.45, 2.75) is 13.1 Å². The lowest BCUT2D eigenvalue weighted by Gasteiger charge is -2.17. The van der Waals surface area contributed by atoms with Gasteiger partial charge in [0.15, 0.2) is 23.3 Å². The van der Waals surface area contributed by atoms with Crippen molar-refractivity contribution in [2.75, 3.05) is 7.11 Å². The molecule has 0 bridgehead atoms. The number of aromatic amines is 1. The summed E-state index contributed by atoms with van der Waals surface area (Å²) >= 11 is 6.61. The quantitative estimate of drug-likeness (QED) is 0.290. The molecule has 6 aromatic rings. The average molecular weight is 581 g/mol. The highest BCUT2D eigenvalue weighted by Crippen LogP contribution is 2.36. The fourth-order valence-corrected chi connectivity index (χ4v) is 5.16. The van der Waals surface area contributed by atoms with Gasteiger partial charge in [-0.1, -0.05) is 11.6 Å². The van der Waals surface area contributed by atoms with Crippen molar-refractivity contribution in [3.05, 3.63) is 110 Å². The second kappa shape index (κ2) is 9.97. The summed E-state index contributed by atoms with van der Waals surface area (Å²) in [6.07, 6.45) is 3.19. The Balaban J connectivity index is 1.65. The van der Waals surface area contributed by atoms with Crippen molar-refractivity contribution in [1.82, 2.24) is 28.9 Å². The van der Waals surface area contributed by atoms with Gasteiger partial charge in [-0.3, -0.25) is 18.6 Å². The van der Waals surface area contributed by atoms with E-state index in [4.69, 9.17) is 16.3 Å². The van der Waals surface area contributed by atoms with E-state index in [0.717, 1.165) is 27.6 Å². The zero-order chi connectivity index (χ0) is 29.0. The number of benzene rings is 3. The molecule has 0 radical (unpaired) electrons. The van der Waals surface area contributed by atoms with Crippen LogP contribution in [0.15, 0.2) is 64.6 Å². The maximum Gasteiger partial charge on any atom is 0.332 e. The topological polar surface area (TPSA) is 99.7 Å². The number of halogens is 4. The number of ether oxygens (including phenoxy) is 1. The third kappa shape index (κ3) is 4.55. The summed E-state index contributed by atoms with van der Waals surface area (Å²) in [5.74, 6) is -4.11. The van der Waals surface area contributed by atoms with Gasteiger partial charge in [-0.15, -0.1) is 0 Å². The number of methoxy groups -OCH3 is 1. The van der Waals surface area contributed by atoms with Crippen LogP contribution in [0.4, 0.5) is 13.2 Å². The first kappa shape index (κ1) is 26.4. The molecular formula is C28H20ClF3N6O3. The first-order valence-electron chi connectivity index (χ1n) is 12.2. The Morgan fingerprint density at radius 3 is 2.44 bits per heavy atom. The van der Waals surface area contributed by atoms with Gasteiger partial charge < -0.3 is 9.72 Å². The summed E-state index contributed by atoms with van der Waals surface area (Å²) in [6, 6.07) is 10.3. The number of nitrogens with zero attached hydrogens (tertiary/aromatic N) is 5. The number of rotatable bonds is 6. The molecule has 9 nitrogen and oxygen atoms in total. The van der Waals surface area contributed by atoms with Crippen LogP contribution in [0.5, 0.6) is 5.75 Å². The molecule has 3 aromatic carbocycles. The second-order valence-electron chi connectivity index (χ2n) is 9.44. The van der Waals surface area contributed by atoms with Gasteiger partial charge >= 0.3 is 5.69 Å². The van der Waals surface area contributed by atoms with E-state index < -0.39 is 35.2 Å². The minimum absolute atomic E-state index is 0.0358. The van der Waals surface area contributed by atoms with E-state index in [0.29, 0.717) is 16.1 Å². The Labute approximate surface area is 234 Å². The molecule has 13 heteroatoms. The van der Waals surface area contributed by atoms with Crippen LogP contribution in [0.25, 0.3) is 32.9 Å².